The van der Waals surface area contributed by atoms with Gasteiger partial charge >= 0.3 is 0 Å². The van der Waals surface area contributed by atoms with Crippen LogP contribution < -0.4 is 19.5 Å². The summed E-state index contributed by atoms with van der Waals surface area (Å²) in [6, 6.07) is 12.7. The number of piperazine rings is 1. The van der Waals surface area contributed by atoms with Gasteiger partial charge in [-0.1, -0.05) is 18.3 Å². The topological polar surface area (TPSA) is 63.3 Å². The van der Waals surface area contributed by atoms with Gasteiger partial charge in [0.25, 0.3) is 5.91 Å². The van der Waals surface area contributed by atoms with Crippen molar-refractivity contribution < 1.29 is 19.0 Å². The molecule has 1 N–H and O–H groups in total. The molecule has 0 radical (unpaired) electrons. The number of nitrogens with zero attached hydrogens (tertiary/aromatic N) is 2. The van der Waals surface area contributed by atoms with E-state index in [-0.39, 0.29) is 12.5 Å². The van der Waals surface area contributed by atoms with Crippen LogP contribution in [0.3, 0.4) is 0 Å². The van der Waals surface area contributed by atoms with E-state index in [4.69, 9.17) is 26.4 Å². The number of hydrogen-bond donors (Lipinski definition) is 1. The normalized spacial score (nSPS) is 14.2. The molecule has 2 aromatic carbocycles. The quantitative estimate of drug-likeness (QED) is 0.679. The van der Waals surface area contributed by atoms with Crippen molar-refractivity contribution in [2.24, 2.45) is 0 Å². The van der Waals surface area contributed by atoms with Gasteiger partial charge in [0.15, 0.2) is 18.1 Å². The highest BCUT2D eigenvalue weighted by molar-refractivity contribution is 7.80. The average Bonchev–Trinajstić information content (AvgIpc) is 2.77. The van der Waals surface area contributed by atoms with Gasteiger partial charge in [0.2, 0.25) is 0 Å². The number of carbonyl (C=O) groups is 1. The third kappa shape index (κ3) is 5.61. The fourth-order valence-corrected chi connectivity index (χ4v) is 3.46. The third-order valence-corrected chi connectivity index (χ3v) is 5.41. The molecule has 1 fully saturated rings. The first-order chi connectivity index (χ1) is 14.5. The molecule has 1 amide bonds. The largest absolute Gasteiger partial charge is 0.497 e. The molecule has 0 aliphatic carbocycles. The Morgan fingerprint density at radius 2 is 1.80 bits per heavy atom. The Morgan fingerprint density at radius 1 is 1.03 bits per heavy atom. The van der Waals surface area contributed by atoms with Crippen molar-refractivity contribution in [3.05, 3.63) is 48.0 Å². The van der Waals surface area contributed by atoms with Gasteiger partial charge in [-0.25, -0.2) is 0 Å². The third-order valence-electron chi connectivity index (χ3n) is 4.91. The van der Waals surface area contributed by atoms with E-state index in [0.29, 0.717) is 22.9 Å². The van der Waals surface area contributed by atoms with Gasteiger partial charge in [0, 0.05) is 43.5 Å². The molecule has 0 aromatic heterocycles. The lowest BCUT2D eigenvalue weighted by Crippen LogP contribution is -2.46. The summed E-state index contributed by atoms with van der Waals surface area (Å²) in [6.07, 6.45) is 0. The van der Waals surface area contributed by atoms with Gasteiger partial charge in [-0.05, 0) is 37.4 Å². The molecule has 0 spiro atoms. The second kappa shape index (κ2) is 10.3. The first-order valence-electron chi connectivity index (χ1n) is 9.72. The summed E-state index contributed by atoms with van der Waals surface area (Å²) in [5, 5.41) is 2.78. The highest BCUT2D eigenvalue weighted by Crippen LogP contribution is 2.29. The van der Waals surface area contributed by atoms with Crippen LogP contribution in [0, 0.1) is 0 Å². The average molecular weight is 430 g/mol. The molecule has 1 saturated heterocycles. The highest BCUT2D eigenvalue weighted by atomic mass is 32.1. The van der Waals surface area contributed by atoms with Crippen molar-refractivity contribution in [1.82, 2.24) is 9.80 Å². The zero-order valence-electron chi connectivity index (χ0n) is 17.5. The maximum absolute atomic E-state index is 12.2. The standard InChI is InChI=1S/C22H27N3O4S/c1-24-9-11-25(12-10-24)22(30)16-7-8-19(20(13-16)28-3)29-15-21(26)23-17-5-4-6-18(14-17)27-2/h4-8,13-14H,9-12,15H2,1-3H3,(H,23,26). The molecule has 2 aromatic rings. The molecular formula is C22H27N3O4S. The summed E-state index contributed by atoms with van der Waals surface area (Å²) in [5.41, 5.74) is 1.54. The van der Waals surface area contributed by atoms with Gasteiger partial charge < -0.3 is 29.3 Å². The van der Waals surface area contributed by atoms with Crippen LogP contribution in [-0.4, -0.2) is 74.7 Å². The second-order valence-electron chi connectivity index (χ2n) is 7.03. The Kier molecular flexibility index (Phi) is 7.48. The molecule has 0 bridgehead atoms. The molecular weight excluding hydrogens is 402 g/mol. The minimum absolute atomic E-state index is 0.143. The molecule has 0 unspecified atom stereocenters. The van der Waals surface area contributed by atoms with Crippen molar-refractivity contribution in [1.29, 1.82) is 0 Å². The van der Waals surface area contributed by atoms with Gasteiger partial charge in [0.1, 0.15) is 10.7 Å². The lowest BCUT2D eigenvalue weighted by Gasteiger charge is -2.34. The molecule has 30 heavy (non-hydrogen) atoms. The molecule has 1 heterocycles. The molecule has 8 heteroatoms. The zero-order valence-corrected chi connectivity index (χ0v) is 18.3. The predicted octanol–water partition coefficient (Wildman–Crippen LogP) is 2.64. The summed E-state index contributed by atoms with van der Waals surface area (Å²) in [4.78, 5) is 17.5. The van der Waals surface area contributed by atoms with E-state index < -0.39 is 0 Å². The SMILES string of the molecule is COc1cccc(NC(=O)COc2ccc(C(=S)N3CCN(C)CC3)cc2OC)c1. The molecule has 1 aliphatic rings. The van der Waals surface area contributed by atoms with Gasteiger partial charge in [-0.3, -0.25) is 4.79 Å². The maximum Gasteiger partial charge on any atom is 0.262 e. The molecule has 1 aliphatic heterocycles. The monoisotopic (exact) mass is 429 g/mol. The first-order valence-corrected chi connectivity index (χ1v) is 10.1. The van der Waals surface area contributed by atoms with Crippen LogP contribution in [0.1, 0.15) is 5.56 Å². The lowest BCUT2D eigenvalue weighted by atomic mass is 10.1. The Labute approximate surface area is 182 Å². The van der Waals surface area contributed by atoms with Crippen LogP contribution >= 0.6 is 12.2 Å². The Balaban J connectivity index is 1.60. The Bertz CT molecular complexity index is 898. The van der Waals surface area contributed by atoms with Crippen molar-refractivity contribution in [2.45, 2.75) is 0 Å². The van der Waals surface area contributed by atoms with Gasteiger partial charge in [-0.2, -0.15) is 0 Å². The van der Waals surface area contributed by atoms with Gasteiger partial charge in [0.05, 0.1) is 14.2 Å². The fraction of sp³-hybridized carbons (Fsp3) is 0.364. The lowest BCUT2D eigenvalue weighted by molar-refractivity contribution is -0.118. The number of benzene rings is 2. The van der Waals surface area contributed by atoms with Crippen molar-refractivity contribution in [2.75, 3.05) is 59.4 Å². The number of ether oxygens (including phenoxy) is 3. The summed E-state index contributed by atoms with van der Waals surface area (Å²) in [6.45, 7) is 3.64. The smallest absolute Gasteiger partial charge is 0.262 e. The number of hydrogen-bond acceptors (Lipinski definition) is 6. The first kappa shape index (κ1) is 21.9. The van der Waals surface area contributed by atoms with Crippen LogP contribution in [0.15, 0.2) is 42.5 Å². The minimum atomic E-state index is -0.276. The van der Waals surface area contributed by atoms with Crippen molar-refractivity contribution >= 4 is 28.8 Å². The Morgan fingerprint density at radius 3 is 2.50 bits per heavy atom. The molecule has 3 rings (SSSR count). The summed E-state index contributed by atoms with van der Waals surface area (Å²) >= 11 is 5.67. The predicted molar refractivity (Wildman–Crippen MR) is 121 cm³/mol. The van der Waals surface area contributed by atoms with E-state index >= 15 is 0 Å². The summed E-state index contributed by atoms with van der Waals surface area (Å²) in [5.74, 6) is 1.42. The van der Waals surface area contributed by atoms with Crippen molar-refractivity contribution in [3.63, 3.8) is 0 Å². The number of carbonyl (C=O) groups excluding carboxylic acids is 1. The van der Waals surface area contributed by atoms with Crippen LogP contribution in [0.2, 0.25) is 0 Å². The van der Waals surface area contributed by atoms with Crippen LogP contribution in [0.5, 0.6) is 17.2 Å². The van der Waals surface area contributed by atoms with E-state index in [1.165, 1.54) is 0 Å². The number of nitrogens with one attached hydrogen (secondary N) is 1. The molecule has 160 valence electrons. The number of rotatable bonds is 7. The number of anilines is 1. The summed E-state index contributed by atoms with van der Waals surface area (Å²) in [7, 11) is 5.26. The van der Waals surface area contributed by atoms with Gasteiger partial charge in [-0.15, -0.1) is 0 Å². The van der Waals surface area contributed by atoms with Crippen LogP contribution in [-0.2, 0) is 4.79 Å². The molecule has 0 atom stereocenters. The minimum Gasteiger partial charge on any atom is -0.497 e. The van der Waals surface area contributed by atoms with E-state index in [9.17, 15) is 4.79 Å². The Hall–Kier alpha value is -2.84. The van der Waals surface area contributed by atoms with E-state index in [1.807, 2.05) is 18.2 Å². The highest BCUT2D eigenvalue weighted by Gasteiger charge is 2.19. The molecule has 7 nitrogen and oxygen atoms in total. The van der Waals surface area contributed by atoms with Crippen LogP contribution in [0.25, 0.3) is 0 Å². The van der Waals surface area contributed by atoms with E-state index in [0.717, 1.165) is 36.7 Å². The second-order valence-corrected chi connectivity index (χ2v) is 7.42. The van der Waals surface area contributed by atoms with E-state index in [2.05, 4.69) is 22.2 Å². The zero-order chi connectivity index (χ0) is 21.5. The van der Waals surface area contributed by atoms with Crippen molar-refractivity contribution in [3.8, 4) is 17.2 Å². The van der Waals surface area contributed by atoms with E-state index in [1.54, 1.807) is 38.5 Å². The number of likely N-dealkylation sites (N-methyl/N-ethyl adjacent to an activating group) is 1. The maximum atomic E-state index is 12.2. The molecule has 0 saturated carbocycles. The number of thiocarbonyl (C=S) groups is 1. The van der Waals surface area contributed by atoms with Crippen LogP contribution in [0.4, 0.5) is 5.69 Å². The number of methoxy groups -OCH3 is 2. The number of amides is 1. The fourth-order valence-electron chi connectivity index (χ4n) is 3.15. The summed E-state index contributed by atoms with van der Waals surface area (Å²) < 4.78 is 16.3.